The topological polar surface area (TPSA) is 93.0 Å². The van der Waals surface area contributed by atoms with E-state index < -0.39 is 6.04 Å². The summed E-state index contributed by atoms with van der Waals surface area (Å²) in [6, 6.07) is 17.2. The zero-order valence-electron chi connectivity index (χ0n) is 18.7. The number of carbonyl (C=O) groups is 2. The van der Waals surface area contributed by atoms with Crippen molar-refractivity contribution in [3.8, 4) is 5.69 Å². The summed E-state index contributed by atoms with van der Waals surface area (Å²) in [6.07, 6.45) is 2.17. The molecule has 32 heavy (non-hydrogen) atoms. The van der Waals surface area contributed by atoms with Crippen molar-refractivity contribution in [2.24, 2.45) is 0 Å². The summed E-state index contributed by atoms with van der Waals surface area (Å²) in [5.74, 6) is 0.593. The number of nitrogens with one attached hydrogen (secondary N) is 1. The van der Waals surface area contributed by atoms with Gasteiger partial charge >= 0.3 is 0 Å². The van der Waals surface area contributed by atoms with E-state index in [4.69, 9.17) is 0 Å². The summed E-state index contributed by atoms with van der Waals surface area (Å²) in [6.45, 7) is 4.00. The van der Waals surface area contributed by atoms with Gasteiger partial charge in [0.05, 0.1) is 5.69 Å². The maximum absolute atomic E-state index is 13.3. The predicted octanol–water partition coefficient (Wildman–Crippen LogP) is 2.97. The van der Waals surface area contributed by atoms with Crippen molar-refractivity contribution >= 4 is 11.8 Å². The van der Waals surface area contributed by atoms with Gasteiger partial charge in [-0.3, -0.25) is 9.59 Å². The Morgan fingerprint density at radius 3 is 2.59 bits per heavy atom. The number of para-hydroxylation sites is 1. The van der Waals surface area contributed by atoms with Crippen LogP contribution < -0.4 is 5.32 Å². The van der Waals surface area contributed by atoms with Crippen molar-refractivity contribution in [3.05, 3.63) is 71.5 Å². The number of tetrazole rings is 1. The molecule has 1 aliphatic rings. The lowest BCUT2D eigenvalue weighted by Gasteiger charge is -2.30. The van der Waals surface area contributed by atoms with Crippen molar-refractivity contribution in [2.75, 3.05) is 7.05 Å². The van der Waals surface area contributed by atoms with E-state index in [-0.39, 0.29) is 17.4 Å². The van der Waals surface area contributed by atoms with Crippen LogP contribution in [0.5, 0.6) is 0 Å². The molecule has 0 radical (unpaired) electrons. The molecule has 166 valence electrons. The van der Waals surface area contributed by atoms with Crippen molar-refractivity contribution in [2.45, 2.75) is 51.1 Å². The molecule has 4 rings (SSSR count). The predicted molar refractivity (Wildman–Crippen MR) is 120 cm³/mol. The fourth-order valence-corrected chi connectivity index (χ4v) is 4.26. The van der Waals surface area contributed by atoms with Crippen LogP contribution in [0.2, 0.25) is 0 Å². The third-order valence-corrected chi connectivity index (χ3v) is 6.21. The van der Waals surface area contributed by atoms with Crippen LogP contribution in [0, 0.1) is 6.92 Å². The van der Waals surface area contributed by atoms with E-state index in [1.807, 2.05) is 68.4 Å². The van der Waals surface area contributed by atoms with E-state index in [1.165, 1.54) is 0 Å². The van der Waals surface area contributed by atoms with Gasteiger partial charge in [-0.25, -0.2) is 0 Å². The molecule has 8 nitrogen and oxygen atoms in total. The minimum atomic E-state index is -0.454. The highest BCUT2D eigenvalue weighted by Gasteiger charge is 2.35. The van der Waals surface area contributed by atoms with Gasteiger partial charge in [-0.2, -0.15) is 4.68 Å². The molecule has 1 aliphatic heterocycles. The summed E-state index contributed by atoms with van der Waals surface area (Å²) in [7, 11) is 1.78. The first-order chi connectivity index (χ1) is 15.4. The van der Waals surface area contributed by atoms with Crippen LogP contribution in [0.3, 0.4) is 0 Å². The summed E-state index contributed by atoms with van der Waals surface area (Å²) in [5.41, 5.74) is 2.49. The highest BCUT2D eigenvalue weighted by Crippen LogP contribution is 2.30. The van der Waals surface area contributed by atoms with Crippen LogP contribution in [0.15, 0.2) is 54.6 Å². The van der Waals surface area contributed by atoms with Crippen molar-refractivity contribution < 1.29 is 9.59 Å². The van der Waals surface area contributed by atoms with Crippen molar-refractivity contribution in [3.63, 3.8) is 0 Å². The van der Waals surface area contributed by atoms with Crippen LogP contribution in [0.25, 0.3) is 5.69 Å². The van der Waals surface area contributed by atoms with Gasteiger partial charge in [-0.05, 0) is 54.3 Å². The number of hydrogen-bond donors (Lipinski definition) is 1. The normalized spacial score (nSPS) is 18.9. The summed E-state index contributed by atoms with van der Waals surface area (Å²) < 4.78 is 1.70. The number of nitrogens with zero attached hydrogens (tertiary/aromatic N) is 5. The zero-order chi connectivity index (χ0) is 22.7. The number of rotatable bonds is 7. The minimum absolute atomic E-state index is 0.0273. The molecule has 3 aromatic rings. The Labute approximate surface area is 187 Å². The first kappa shape index (κ1) is 21.7. The first-order valence-corrected chi connectivity index (χ1v) is 10.8. The number of aromatic nitrogens is 4. The van der Waals surface area contributed by atoms with Gasteiger partial charge in [0.25, 0.3) is 0 Å². The van der Waals surface area contributed by atoms with Crippen LogP contribution in [0.1, 0.15) is 55.6 Å². The molecule has 1 fully saturated rings. The zero-order valence-corrected chi connectivity index (χ0v) is 18.7. The molecule has 0 bridgehead atoms. The number of carbonyl (C=O) groups excluding carboxylic acids is 2. The molecule has 2 atom stereocenters. The van der Waals surface area contributed by atoms with Crippen molar-refractivity contribution in [1.29, 1.82) is 0 Å². The number of aryl methyl sites for hydroxylation is 1. The third-order valence-electron chi connectivity index (χ3n) is 6.21. The maximum atomic E-state index is 13.3. The Morgan fingerprint density at radius 1 is 1.19 bits per heavy atom. The molecule has 0 aliphatic carbocycles. The SMILES string of the molecule is Cc1ccccc1-n1nnnc1C(c1ccccc1)N(C)C(=O)CCC1(C)CCC(=O)N1. The molecule has 0 spiro atoms. The van der Waals surface area contributed by atoms with E-state index in [0.717, 1.165) is 23.2 Å². The van der Waals surface area contributed by atoms with Gasteiger partial charge in [-0.1, -0.05) is 48.5 Å². The highest BCUT2D eigenvalue weighted by molar-refractivity contribution is 5.80. The van der Waals surface area contributed by atoms with E-state index in [0.29, 0.717) is 25.1 Å². The second-order valence-corrected chi connectivity index (χ2v) is 8.66. The van der Waals surface area contributed by atoms with Gasteiger partial charge in [0.15, 0.2) is 5.82 Å². The standard InChI is InChI=1S/C24H28N6O2/c1-17-9-7-8-12-19(17)30-23(26-27-28-30)22(18-10-5-4-6-11-18)29(3)21(32)14-16-24(2)15-13-20(31)25-24/h4-12,22H,13-16H2,1-3H3,(H,25,31). The molecule has 2 amide bonds. The molecule has 2 heterocycles. The number of amides is 2. The minimum Gasteiger partial charge on any atom is -0.351 e. The molecule has 2 unspecified atom stereocenters. The Kier molecular flexibility index (Phi) is 6.03. The Hall–Kier alpha value is -3.55. The largest absolute Gasteiger partial charge is 0.351 e. The van der Waals surface area contributed by atoms with E-state index in [2.05, 4.69) is 20.8 Å². The molecule has 2 aromatic carbocycles. The molecule has 8 heteroatoms. The van der Waals surface area contributed by atoms with Gasteiger partial charge in [0.2, 0.25) is 11.8 Å². The molecule has 1 aromatic heterocycles. The van der Waals surface area contributed by atoms with Crippen LogP contribution in [0.4, 0.5) is 0 Å². The quantitative estimate of drug-likeness (QED) is 0.620. The van der Waals surface area contributed by atoms with Gasteiger partial charge in [0, 0.05) is 25.4 Å². The Morgan fingerprint density at radius 2 is 1.91 bits per heavy atom. The molecular weight excluding hydrogens is 404 g/mol. The monoisotopic (exact) mass is 432 g/mol. The lowest BCUT2D eigenvalue weighted by molar-refractivity contribution is -0.132. The van der Waals surface area contributed by atoms with E-state index in [1.54, 1.807) is 16.6 Å². The molecular formula is C24H28N6O2. The summed E-state index contributed by atoms with van der Waals surface area (Å²) in [4.78, 5) is 26.6. The van der Waals surface area contributed by atoms with Gasteiger partial charge < -0.3 is 10.2 Å². The first-order valence-electron chi connectivity index (χ1n) is 10.8. The Bertz CT molecular complexity index is 1110. The van der Waals surface area contributed by atoms with Crippen LogP contribution >= 0.6 is 0 Å². The maximum Gasteiger partial charge on any atom is 0.223 e. The highest BCUT2D eigenvalue weighted by atomic mass is 16.2. The fourth-order valence-electron chi connectivity index (χ4n) is 4.26. The lowest BCUT2D eigenvalue weighted by Crippen LogP contribution is -2.40. The lowest BCUT2D eigenvalue weighted by atomic mass is 9.93. The fraction of sp³-hybridized carbons (Fsp3) is 0.375. The van der Waals surface area contributed by atoms with Crippen LogP contribution in [-0.4, -0.2) is 49.5 Å². The smallest absolute Gasteiger partial charge is 0.223 e. The Balaban J connectivity index is 1.64. The third kappa shape index (κ3) is 4.39. The van der Waals surface area contributed by atoms with Gasteiger partial charge in [-0.15, -0.1) is 5.10 Å². The summed E-state index contributed by atoms with van der Waals surface area (Å²) in [5, 5.41) is 15.5. The average Bonchev–Trinajstić information content (AvgIpc) is 3.40. The van der Waals surface area contributed by atoms with E-state index in [9.17, 15) is 9.59 Å². The number of benzene rings is 2. The molecule has 0 saturated carbocycles. The average molecular weight is 433 g/mol. The van der Waals surface area contributed by atoms with Gasteiger partial charge in [0.1, 0.15) is 6.04 Å². The second-order valence-electron chi connectivity index (χ2n) is 8.66. The molecule has 1 saturated heterocycles. The molecule has 1 N–H and O–H groups in total. The van der Waals surface area contributed by atoms with Crippen LogP contribution in [-0.2, 0) is 9.59 Å². The second kappa shape index (κ2) is 8.90. The number of hydrogen-bond acceptors (Lipinski definition) is 5. The summed E-state index contributed by atoms with van der Waals surface area (Å²) >= 11 is 0. The van der Waals surface area contributed by atoms with E-state index >= 15 is 0 Å². The van der Waals surface area contributed by atoms with Crippen molar-refractivity contribution in [1.82, 2.24) is 30.4 Å².